The van der Waals surface area contributed by atoms with Gasteiger partial charge in [-0.2, -0.15) is 0 Å². The second-order valence-electron chi connectivity index (χ2n) is 5.45. The van der Waals surface area contributed by atoms with Crippen molar-refractivity contribution in [3.05, 3.63) is 65.4 Å². The molecule has 7 heteroatoms. The van der Waals surface area contributed by atoms with Crippen molar-refractivity contribution in [3.8, 4) is 10.7 Å². The highest BCUT2D eigenvalue weighted by molar-refractivity contribution is 7.13. The van der Waals surface area contributed by atoms with Crippen LogP contribution in [0.15, 0.2) is 54.2 Å². The molecule has 0 saturated heterocycles. The van der Waals surface area contributed by atoms with E-state index in [4.69, 9.17) is 0 Å². The maximum Gasteiger partial charge on any atom is 0.253 e. The van der Waals surface area contributed by atoms with Gasteiger partial charge in [0.25, 0.3) is 5.91 Å². The minimum absolute atomic E-state index is 0.148. The number of aromatic amines is 1. The summed E-state index contributed by atoms with van der Waals surface area (Å²) in [6.07, 6.45) is 4.04. The fraction of sp³-hybridized carbons (Fsp3) is 0.111. The Labute approximate surface area is 148 Å². The molecule has 0 unspecified atom stereocenters. The lowest BCUT2D eigenvalue weighted by molar-refractivity contribution is 0.0955. The third-order valence-electron chi connectivity index (χ3n) is 3.78. The monoisotopic (exact) mass is 349 g/mol. The van der Waals surface area contributed by atoms with E-state index in [1.165, 1.54) is 0 Å². The maximum atomic E-state index is 12.5. The number of nitrogens with zero attached hydrogens (tertiary/aromatic N) is 3. The van der Waals surface area contributed by atoms with Crippen LogP contribution in [0.2, 0.25) is 0 Å². The molecule has 0 aliphatic rings. The van der Waals surface area contributed by atoms with Crippen molar-refractivity contribution >= 4 is 28.4 Å². The van der Waals surface area contributed by atoms with E-state index in [1.54, 1.807) is 29.8 Å². The lowest BCUT2D eigenvalue weighted by atomic mass is 10.2. The number of imidazole rings is 1. The molecule has 4 rings (SSSR count). The van der Waals surface area contributed by atoms with Crippen LogP contribution in [0.5, 0.6) is 0 Å². The number of carbonyl (C=O) groups excluding carboxylic acids is 1. The summed E-state index contributed by atoms with van der Waals surface area (Å²) < 4.78 is 0. The van der Waals surface area contributed by atoms with E-state index in [0.717, 1.165) is 16.4 Å². The van der Waals surface area contributed by atoms with Crippen molar-refractivity contribution in [1.82, 2.24) is 25.3 Å². The molecule has 0 bridgehead atoms. The molecular weight excluding hydrogens is 334 g/mol. The quantitative estimate of drug-likeness (QED) is 0.580. The number of pyridine rings is 2. The Balaban J connectivity index is 1.53. The van der Waals surface area contributed by atoms with Gasteiger partial charge in [0.15, 0.2) is 11.5 Å². The van der Waals surface area contributed by atoms with Crippen LogP contribution in [-0.2, 0) is 6.42 Å². The summed E-state index contributed by atoms with van der Waals surface area (Å²) in [6, 6.07) is 11.4. The predicted molar refractivity (Wildman–Crippen MR) is 97.5 cm³/mol. The van der Waals surface area contributed by atoms with Gasteiger partial charge in [-0.1, -0.05) is 12.1 Å². The predicted octanol–water partition coefficient (Wildman–Crippen LogP) is 3.05. The molecule has 4 heterocycles. The minimum atomic E-state index is -0.148. The summed E-state index contributed by atoms with van der Waals surface area (Å²) in [7, 11) is 0. The minimum Gasteiger partial charge on any atom is -0.352 e. The average Bonchev–Trinajstić information content (AvgIpc) is 3.31. The lowest BCUT2D eigenvalue weighted by Crippen LogP contribution is -2.26. The third kappa shape index (κ3) is 3.27. The number of nitrogens with one attached hydrogen (secondary N) is 2. The summed E-state index contributed by atoms with van der Waals surface area (Å²) >= 11 is 1.59. The van der Waals surface area contributed by atoms with E-state index in [0.29, 0.717) is 29.7 Å². The Kier molecular flexibility index (Phi) is 4.22. The van der Waals surface area contributed by atoms with Gasteiger partial charge in [0, 0.05) is 31.1 Å². The van der Waals surface area contributed by atoms with E-state index in [1.807, 2.05) is 35.7 Å². The van der Waals surface area contributed by atoms with E-state index < -0.39 is 0 Å². The Morgan fingerprint density at radius 2 is 2.08 bits per heavy atom. The van der Waals surface area contributed by atoms with Crippen LogP contribution in [0.3, 0.4) is 0 Å². The zero-order chi connectivity index (χ0) is 17.1. The highest BCUT2D eigenvalue weighted by Crippen LogP contribution is 2.25. The number of amides is 1. The molecule has 124 valence electrons. The summed E-state index contributed by atoms with van der Waals surface area (Å²) in [5.41, 5.74) is 2.69. The number of hydrogen-bond donors (Lipinski definition) is 2. The van der Waals surface area contributed by atoms with Gasteiger partial charge in [-0.3, -0.25) is 9.78 Å². The number of H-pyrrole nitrogens is 1. The molecule has 4 aromatic heterocycles. The van der Waals surface area contributed by atoms with Gasteiger partial charge in [-0.25, -0.2) is 9.97 Å². The van der Waals surface area contributed by atoms with Gasteiger partial charge in [-0.15, -0.1) is 11.3 Å². The highest BCUT2D eigenvalue weighted by atomic mass is 32.1. The molecule has 2 N–H and O–H groups in total. The number of aromatic nitrogens is 4. The van der Waals surface area contributed by atoms with E-state index in [9.17, 15) is 4.79 Å². The van der Waals surface area contributed by atoms with Crippen molar-refractivity contribution in [1.29, 1.82) is 0 Å². The van der Waals surface area contributed by atoms with Crippen LogP contribution in [0.1, 0.15) is 16.1 Å². The second-order valence-corrected chi connectivity index (χ2v) is 6.39. The average molecular weight is 349 g/mol. The fourth-order valence-corrected chi connectivity index (χ4v) is 3.24. The Morgan fingerprint density at radius 3 is 2.88 bits per heavy atom. The van der Waals surface area contributed by atoms with Crippen LogP contribution >= 0.6 is 11.3 Å². The molecule has 0 fully saturated rings. The van der Waals surface area contributed by atoms with E-state index >= 15 is 0 Å². The Morgan fingerprint density at radius 1 is 1.12 bits per heavy atom. The third-order valence-corrected chi connectivity index (χ3v) is 4.66. The molecule has 0 saturated carbocycles. The Bertz CT molecular complexity index is 995. The molecule has 0 aliphatic carbocycles. The number of rotatable bonds is 5. The van der Waals surface area contributed by atoms with Crippen molar-refractivity contribution < 1.29 is 4.79 Å². The summed E-state index contributed by atoms with van der Waals surface area (Å²) in [5, 5.41) is 4.92. The first-order chi connectivity index (χ1) is 12.3. The molecule has 4 aromatic rings. The van der Waals surface area contributed by atoms with Crippen molar-refractivity contribution in [2.45, 2.75) is 6.42 Å². The molecule has 0 spiro atoms. The summed E-state index contributed by atoms with van der Waals surface area (Å²) in [5.74, 6) is 0.580. The van der Waals surface area contributed by atoms with Crippen LogP contribution in [0.25, 0.3) is 21.9 Å². The van der Waals surface area contributed by atoms with Crippen molar-refractivity contribution in [3.63, 3.8) is 0 Å². The first-order valence-electron chi connectivity index (χ1n) is 7.88. The maximum absolute atomic E-state index is 12.5. The fourth-order valence-electron chi connectivity index (χ4n) is 2.58. The molecule has 0 aromatic carbocycles. The van der Waals surface area contributed by atoms with Crippen LogP contribution in [0, 0.1) is 0 Å². The number of thiophene rings is 1. The summed E-state index contributed by atoms with van der Waals surface area (Å²) in [4.78, 5) is 29.8. The molecule has 6 nitrogen and oxygen atoms in total. The van der Waals surface area contributed by atoms with Gasteiger partial charge in [0.2, 0.25) is 0 Å². The van der Waals surface area contributed by atoms with Gasteiger partial charge in [0.05, 0.1) is 16.0 Å². The van der Waals surface area contributed by atoms with E-state index in [2.05, 4.69) is 25.3 Å². The Hall–Kier alpha value is -3.06. The van der Waals surface area contributed by atoms with Crippen LogP contribution in [-0.4, -0.2) is 32.4 Å². The molecule has 25 heavy (non-hydrogen) atoms. The first-order valence-corrected chi connectivity index (χ1v) is 8.76. The topological polar surface area (TPSA) is 83.6 Å². The van der Waals surface area contributed by atoms with Gasteiger partial charge < -0.3 is 10.3 Å². The molecule has 0 atom stereocenters. The number of carbonyl (C=O) groups is 1. The molecular formula is C18H15N5OS. The van der Waals surface area contributed by atoms with Gasteiger partial charge in [0.1, 0.15) is 0 Å². The van der Waals surface area contributed by atoms with Crippen LogP contribution in [0.4, 0.5) is 0 Å². The van der Waals surface area contributed by atoms with Gasteiger partial charge in [-0.05, 0) is 29.6 Å². The van der Waals surface area contributed by atoms with Gasteiger partial charge >= 0.3 is 0 Å². The smallest absolute Gasteiger partial charge is 0.253 e. The van der Waals surface area contributed by atoms with E-state index in [-0.39, 0.29) is 5.91 Å². The zero-order valence-electron chi connectivity index (χ0n) is 13.3. The lowest BCUT2D eigenvalue weighted by Gasteiger charge is -2.05. The van der Waals surface area contributed by atoms with Crippen LogP contribution < -0.4 is 5.32 Å². The SMILES string of the molecule is O=C(NCCc1ccccn1)c1ccnc2nc(-c3cccs3)[nH]c12. The largest absolute Gasteiger partial charge is 0.352 e. The summed E-state index contributed by atoms with van der Waals surface area (Å²) in [6.45, 7) is 0.519. The second kappa shape index (κ2) is 6.82. The standard InChI is InChI=1S/C18H15N5OS/c24-18(21-9-6-12-4-1-2-8-19-12)13-7-10-20-17-15(13)22-16(23-17)14-5-3-11-25-14/h1-5,7-8,10-11H,6,9H2,(H,21,24)(H,20,22,23). The number of fused-ring (bicyclic) bond motifs is 1. The molecule has 0 radical (unpaired) electrons. The normalized spacial score (nSPS) is 10.9. The number of hydrogen-bond acceptors (Lipinski definition) is 5. The molecule has 0 aliphatic heterocycles. The first kappa shape index (κ1) is 15.5. The van der Waals surface area contributed by atoms with Crippen molar-refractivity contribution in [2.75, 3.05) is 6.54 Å². The highest BCUT2D eigenvalue weighted by Gasteiger charge is 2.15. The van der Waals surface area contributed by atoms with Crippen molar-refractivity contribution in [2.24, 2.45) is 0 Å². The molecule has 1 amide bonds. The zero-order valence-corrected chi connectivity index (χ0v) is 14.1.